The van der Waals surface area contributed by atoms with Crippen LogP contribution in [0.15, 0.2) is 23.5 Å². The number of ether oxygens (including phenoxy) is 2. The summed E-state index contributed by atoms with van der Waals surface area (Å²) in [6.45, 7) is 9.95. The number of methoxy groups -OCH3 is 1. The molecule has 0 aliphatic heterocycles. The van der Waals surface area contributed by atoms with Crippen LogP contribution in [0.5, 0.6) is 0 Å². The quantitative estimate of drug-likeness (QED) is 0.312. The van der Waals surface area contributed by atoms with Crippen LogP contribution in [-0.2, 0) is 14.3 Å². The van der Waals surface area contributed by atoms with Crippen LogP contribution in [0.1, 0.15) is 34.6 Å². The molecule has 0 amide bonds. The van der Waals surface area contributed by atoms with E-state index in [1.54, 1.807) is 13.0 Å². The molecule has 0 aromatic heterocycles. The third-order valence-corrected chi connectivity index (χ3v) is 1.48. The van der Waals surface area contributed by atoms with Gasteiger partial charge in [-0.05, 0) is 26.8 Å². The van der Waals surface area contributed by atoms with Crippen LogP contribution in [-0.4, -0.2) is 19.7 Å². The van der Waals surface area contributed by atoms with Crippen molar-refractivity contribution in [3.8, 4) is 0 Å². The molecule has 0 spiro atoms. The van der Waals surface area contributed by atoms with Crippen molar-refractivity contribution in [2.45, 2.75) is 34.6 Å². The third-order valence-electron chi connectivity index (χ3n) is 1.48. The molecule has 0 N–H and O–H groups in total. The predicted molar refractivity (Wildman–Crippen MR) is 62.5 cm³/mol. The molecule has 0 aromatic rings. The van der Waals surface area contributed by atoms with Crippen molar-refractivity contribution in [1.82, 2.24) is 0 Å². The Bertz CT molecular complexity index is 227. The first-order chi connectivity index (χ1) is 7.17. The molecule has 0 saturated heterocycles. The molecule has 0 heterocycles. The van der Waals surface area contributed by atoms with Crippen molar-refractivity contribution in [2.24, 2.45) is 0 Å². The Morgan fingerprint density at radius 3 is 2.20 bits per heavy atom. The van der Waals surface area contributed by atoms with E-state index < -0.39 is 0 Å². The zero-order chi connectivity index (χ0) is 12.3. The van der Waals surface area contributed by atoms with Gasteiger partial charge in [0, 0.05) is 0 Å². The molecular weight excluding hydrogens is 192 g/mol. The van der Waals surface area contributed by atoms with E-state index >= 15 is 0 Å². The lowest BCUT2D eigenvalue weighted by molar-refractivity contribution is -0.136. The SMILES string of the molecule is C/C=C\C(OCC)=C(/C)C(=O)OC.CC. The van der Waals surface area contributed by atoms with Crippen LogP contribution in [0.3, 0.4) is 0 Å². The van der Waals surface area contributed by atoms with Gasteiger partial charge < -0.3 is 9.47 Å². The second-order valence-corrected chi connectivity index (χ2v) is 2.41. The maximum Gasteiger partial charge on any atom is 0.337 e. The van der Waals surface area contributed by atoms with E-state index in [9.17, 15) is 4.79 Å². The third kappa shape index (κ3) is 6.77. The molecule has 0 fully saturated rings. The molecule has 88 valence electrons. The number of rotatable bonds is 4. The fraction of sp³-hybridized carbons (Fsp3) is 0.583. The molecule has 0 saturated carbocycles. The lowest BCUT2D eigenvalue weighted by Gasteiger charge is -2.07. The Balaban J connectivity index is 0. The highest BCUT2D eigenvalue weighted by atomic mass is 16.5. The molecule has 15 heavy (non-hydrogen) atoms. The summed E-state index contributed by atoms with van der Waals surface area (Å²) in [7, 11) is 1.35. The normalized spacial score (nSPS) is 11.3. The minimum atomic E-state index is -0.360. The van der Waals surface area contributed by atoms with Crippen molar-refractivity contribution in [3.63, 3.8) is 0 Å². The Morgan fingerprint density at radius 1 is 1.33 bits per heavy atom. The summed E-state index contributed by atoms with van der Waals surface area (Å²) in [6, 6.07) is 0. The van der Waals surface area contributed by atoms with Gasteiger partial charge >= 0.3 is 5.97 Å². The lowest BCUT2D eigenvalue weighted by Crippen LogP contribution is -2.06. The number of hydrogen-bond acceptors (Lipinski definition) is 3. The van der Waals surface area contributed by atoms with Gasteiger partial charge in [-0.15, -0.1) is 0 Å². The van der Waals surface area contributed by atoms with Gasteiger partial charge in [-0.1, -0.05) is 19.9 Å². The molecule has 3 nitrogen and oxygen atoms in total. The fourth-order valence-electron chi connectivity index (χ4n) is 0.842. The smallest absolute Gasteiger partial charge is 0.337 e. The van der Waals surface area contributed by atoms with E-state index in [1.165, 1.54) is 7.11 Å². The summed E-state index contributed by atoms with van der Waals surface area (Å²) in [5.41, 5.74) is 0.488. The summed E-state index contributed by atoms with van der Waals surface area (Å²) in [6.07, 6.45) is 3.56. The molecule has 0 rings (SSSR count). The highest BCUT2D eigenvalue weighted by molar-refractivity contribution is 5.88. The van der Waals surface area contributed by atoms with E-state index in [-0.39, 0.29) is 5.97 Å². The van der Waals surface area contributed by atoms with E-state index in [2.05, 4.69) is 4.74 Å². The topological polar surface area (TPSA) is 35.5 Å². The van der Waals surface area contributed by atoms with Gasteiger partial charge in [0.05, 0.1) is 19.3 Å². The van der Waals surface area contributed by atoms with Crippen LogP contribution in [0.2, 0.25) is 0 Å². The highest BCUT2D eigenvalue weighted by Crippen LogP contribution is 2.09. The van der Waals surface area contributed by atoms with Crippen LogP contribution >= 0.6 is 0 Å². The molecule has 0 bridgehead atoms. The Labute approximate surface area is 92.8 Å². The van der Waals surface area contributed by atoms with Gasteiger partial charge in [0.1, 0.15) is 5.76 Å². The summed E-state index contributed by atoms with van der Waals surface area (Å²) in [4.78, 5) is 11.1. The minimum Gasteiger partial charge on any atom is -0.493 e. The van der Waals surface area contributed by atoms with Crippen LogP contribution in [0, 0.1) is 0 Å². The van der Waals surface area contributed by atoms with Crippen LogP contribution in [0.4, 0.5) is 0 Å². The number of esters is 1. The number of carbonyl (C=O) groups excluding carboxylic acids is 1. The van der Waals surface area contributed by atoms with Gasteiger partial charge in [-0.2, -0.15) is 0 Å². The molecule has 0 aliphatic carbocycles. The van der Waals surface area contributed by atoms with Crippen molar-refractivity contribution < 1.29 is 14.3 Å². The average Bonchev–Trinajstić information content (AvgIpc) is 2.29. The van der Waals surface area contributed by atoms with E-state index in [4.69, 9.17) is 4.74 Å². The van der Waals surface area contributed by atoms with Gasteiger partial charge in [-0.25, -0.2) is 4.79 Å². The molecular formula is C12H22O3. The van der Waals surface area contributed by atoms with Crippen LogP contribution in [0.25, 0.3) is 0 Å². The van der Waals surface area contributed by atoms with E-state index in [0.717, 1.165) is 0 Å². The summed E-state index contributed by atoms with van der Waals surface area (Å²) in [5, 5.41) is 0. The maximum absolute atomic E-state index is 11.1. The molecule has 0 radical (unpaired) electrons. The Hall–Kier alpha value is -1.25. The summed E-state index contributed by atoms with van der Waals surface area (Å²) < 4.78 is 9.83. The van der Waals surface area contributed by atoms with Gasteiger partial charge in [-0.3, -0.25) is 0 Å². The number of hydrogen-bond donors (Lipinski definition) is 0. The Morgan fingerprint density at radius 2 is 1.87 bits per heavy atom. The van der Waals surface area contributed by atoms with Gasteiger partial charge in [0.25, 0.3) is 0 Å². The first-order valence-electron chi connectivity index (χ1n) is 5.22. The van der Waals surface area contributed by atoms with Gasteiger partial charge in [0.2, 0.25) is 0 Å². The zero-order valence-corrected chi connectivity index (χ0v) is 10.6. The number of carbonyl (C=O) groups is 1. The molecule has 0 aromatic carbocycles. The monoisotopic (exact) mass is 214 g/mol. The zero-order valence-electron chi connectivity index (χ0n) is 10.6. The van der Waals surface area contributed by atoms with Gasteiger partial charge in [0.15, 0.2) is 0 Å². The second-order valence-electron chi connectivity index (χ2n) is 2.41. The van der Waals surface area contributed by atoms with Crippen LogP contribution < -0.4 is 0 Å². The molecule has 0 aliphatic rings. The minimum absolute atomic E-state index is 0.360. The predicted octanol–water partition coefficient (Wildman–Crippen LogP) is 3.07. The summed E-state index contributed by atoms with van der Waals surface area (Å²) in [5.74, 6) is 0.207. The first kappa shape index (κ1) is 16.2. The van der Waals surface area contributed by atoms with E-state index in [1.807, 2.05) is 33.8 Å². The first-order valence-corrected chi connectivity index (χ1v) is 5.22. The fourth-order valence-corrected chi connectivity index (χ4v) is 0.842. The van der Waals surface area contributed by atoms with E-state index in [0.29, 0.717) is 17.9 Å². The highest BCUT2D eigenvalue weighted by Gasteiger charge is 2.09. The van der Waals surface area contributed by atoms with Crippen molar-refractivity contribution in [3.05, 3.63) is 23.5 Å². The molecule has 0 unspecified atom stereocenters. The Kier molecular flexibility index (Phi) is 11.7. The maximum atomic E-state index is 11.1. The van der Waals surface area contributed by atoms with Crippen molar-refractivity contribution >= 4 is 5.97 Å². The number of allylic oxidation sites excluding steroid dienone is 2. The standard InChI is InChI=1S/C10H16O3.C2H6/c1-5-7-9(13-6-2)8(3)10(11)12-4;1-2/h5,7H,6H2,1-4H3;1-2H3/b7-5-,9-8-;. The largest absolute Gasteiger partial charge is 0.493 e. The average molecular weight is 214 g/mol. The van der Waals surface area contributed by atoms with Crippen molar-refractivity contribution in [2.75, 3.05) is 13.7 Å². The molecule has 3 heteroatoms. The lowest BCUT2D eigenvalue weighted by atomic mass is 10.2. The molecule has 0 atom stereocenters. The van der Waals surface area contributed by atoms with Crippen molar-refractivity contribution in [1.29, 1.82) is 0 Å². The summed E-state index contributed by atoms with van der Waals surface area (Å²) >= 11 is 0. The second kappa shape index (κ2) is 10.8.